The number of hydrogen-bond acceptors (Lipinski definition) is 3. The highest BCUT2D eigenvalue weighted by molar-refractivity contribution is 5.72. The van der Waals surface area contributed by atoms with Gasteiger partial charge in [0, 0.05) is 6.07 Å². The Labute approximate surface area is 91.9 Å². The summed E-state index contributed by atoms with van der Waals surface area (Å²) in [4.78, 5) is 4.29. The number of nitrogens with zero attached hydrogens (tertiary/aromatic N) is 1. The molecule has 0 aliphatic heterocycles. The molecule has 0 bridgehead atoms. The van der Waals surface area contributed by atoms with Crippen LogP contribution < -0.4 is 0 Å². The lowest BCUT2D eigenvalue weighted by molar-refractivity contribution is 0.153. The first-order valence-corrected chi connectivity index (χ1v) is 5.48. The van der Waals surface area contributed by atoms with E-state index in [9.17, 15) is 9.50 Å². The molecule has 1 aromatic heterocycles. The van der Waals surface area contributed by atoms with Crippen LogP contribution in [0.1, 0.15) is 31.1 Å². The van der Waals surface area contributed by atoms with Gasteiger partial charge in [-0.1, -0.05) is 0 Å². The van der Waals surface area contributed by atoms with Crippen LogP contribution in [0.2, 0.25) is 0 Å². The lowest BCUT2D eigenvalue weighted by atomic mass is 10.1. The van der Waals surface area contributed by atoms with Crippen molar-refractivity contribution in [3.63, 3.8) is 0 Å². The van der Waals surface area contributed by atoms with Crippen molar-refractivity contribution in [2.24, 2.45) is 0 Å². The summed E-state index contributed by atoms with van der Waals surface area (Å²) in [7, 11) is 0. The summed E-state index contributed by atoms with van der Waals surface area (Å²) in [5.74, 6) is 0.170. The molecule has 16 heavy (non-hydrogen) atoms. The average molecular weight is 221 g/mol. The first-order chi connectivity index (χ1) is 7.74. The van der Waals surface area contributed by atoms with Crippen molar-refractivity contribution in [2.45, 2.75) is 31.3 Å². The molecule has 3 nitrogen and oxygen atoms in total. The summed E-state index contributed by atoms with van der Waals surface area (Å²) >= 11 is 0. The van der Waals surface area contributed by atoms with E-state index in [0.29, 0.717) is 17.0 Å². The fourth-order valence-electron chi connectivity index (χ4n) is 2.30. The Bertz CT molecular complexity index is 523. The van der Waals surface area contributed by atoms with Gasteiger partial charge >= 0.3 is 0 Å². The minimum atomic E-state index is -0.377. The normalized spacial score (nSPS) is 25.4. The van der Waals surface area contributed by atoms with Crippen molar-refractivity contribution >= 4 is 11.1 Å². The number of benzene rings is 1. The highest BCUT2D eigenvalue weighted by Gasteiger charge is 2.30. The van der Waals surface area contributed by atoms with E-state index in [4.69, 9.17) is 4.42 Å². The van der Waals surface area contributed by atoms with Gasteiger partial charge < -0.3 is 9.52 Å². The Hall–Kier alpha value is -1.42. The van der Waals surface area contributed by atoms with E-state index in [1.807, 2.05) is 0 Å². The fraction of sp³-hybridized carbons (Fsp3) is 0.417. The Morgan fingerprint density at radius 2 is 2.25 bits per heavy atom. The summed E-state index contributed by atoms with van der Waals surface area (Å²) in [5, 5.41) is 9.75. The maximum Gasteiger partial charge on any atom is 0.201 e. The first kappa shape index (κ1) is 9.78. The van der Waals surface area contributed by atoms with Gasteiger partial charge in [-0.25, -0.2) is 9.37 Å². The van der Waals surface area contributed by atoms with Gasteiger partial charge in [0.1, 0.15) is 11.3 Å². The Balaban J connectivity index is 2.04. The molecule has 2 unspecified atom stereocenters. The van der Waals surface area contributed by atoms with Gasteiger partial charge in [-0.15, -0.1) is 0 Å². The van der Waals surface area contributed by atoms with Crippen molar-refractivity contribution in [2.75, 3.05) is 0 Å². The number of hydrogen-bond donors (Lipinski definition) is 1. The second kappa shape index (κ2) is 3.56. The summed E-state index contributed by atoms with van der Waals surface area (Å²) in [6.45, 7) is 0. The molecule has 1 aromatic carbocycles. The lowest BCUT2D eigenvalue weighted by Crippen LogP contribution is -2.10. The van der Waals surface area contributed by atoms with Crippen LogP contribution in [0.3, 0.4) is 0 Å². The lowest BCUT2D eigenvalue weighted by Gasteiger charge is -2.08. The topological polar surface area (TPSA) is 46.3 Å². The molecule has 1 N–H and O–H groups in total. The van der Waals surface area contributed by atoms with Gasteiger partial charge in [0.05, 0.1) is 12.0 Å². The van der Waals surface area contributed by atoms with Crippen LogP contribution in [-0.2, 0) is 0 Å². The number of aliphatic hydroxyl groups excluding tert-OH is 1. The Kier molecular flexibility index (Phi) is 2.17. The third-order valence-corrected chi connectivity index (χ3v) is 3.16. The molecule has 2 aromatic rings. The van der Waals surface area contributed by atoms with E-state index < -0.39 is 0 Å². The van der Waals surface area contributed by atoms with Crippen molar-refractivity contribution in [3.8, 4) is 0 Å². The molecule has 3 rings (SSSR count). The van der Waals surface area contributed by atoms with Crippen LogP contribution in [0, 0.1) is 5.82 Å². The van der Waals surface area contributed by atoms with Gasteiger partial charge in [-0.3, -0.25) is 0 Å². The average Bonchev–Trinajstić information content (AvgIpc) is 2.82. The van der Waals surface area contributed by atoms with E-state index in [-0.39, 0.29) is 17.8 Å². The standard InChI is InChI=1S/C12H12FNO2/c13-7-4-5-9-11(6-7)16-12(14-9)8-2-1-3-10(8)15/h4-6,8,10,15H,1-3H2. The number of rotatable bonds is 1. The molecule has 0 saturated heterocycles. The van der Waals surface area contributed by atoms with Crippen molar-refractivity contribution in [1.29, 1.82) is 0 Å². The zero-order valence-corrected chi connectivity index (χ0v) is 8.69. The smallest absolute Gasteiger partial charge is 0.201 e. The first-order valence-electron chi connectivity index (χ1n) is 5.48. The zero-order valence-electron chi connectivity index (χ0n) is 8.69. The summed E-state index contributed by atoms with van der Waals surface area (Å²) in [6.07, 6.45) is 2.28. The number of oxazole rings is 1. The summed E-state index contributed by atoms with van der Waals surface area (Å²) in [6, 6.07) is 4.28. The van der Waals surface area contributed by atoms with Gasteiger partial charge in [0.2, 0.25) is 5.89 Å². The molecule has 1 fully saturated rings. The maximum atomic E-state index is 13.0. The predicted molar refractivity (Wildman–Crippen MR) is 56.6 cm³/mol. The summed E-state index contributed by atoms with van der Waals surface area (Å²) < 4.78 is 18.5. The van der Waals surface area contributed by atoms with Crippen LogP contribution >= 0.6 is 0 Å². The number of aliphatic hydroxyl groups is 1. The SMILES string of the molecule is OC1CCCC1c1nc2ccc(F)cc2o1. The predicted octanol–water partition coefficient (Wildman–Crippen LogP) is 2.60. The van der Waals surface area contributed by atoms with Crippen LogP contribution in [0.5, 0.6) is 0 Å². The molecule has 2 atom stereocenters. The number of aromatic nitrogens is 1. The molecule has 1 aliphatic carbocycles. The van der Waals surface area contributed by atoms with Crippen molar-refractivity contribution in [3.05, 3.63) is 29.9 Å². The molecule has 4 heteroatoms. The highest BCUT2D eigenvalue weighted by atomic mass is 19.1. The van der Waals surface area contributed by atoms with Crippen LogP contribution in [0.4, 0.5) is 4.39 Å². The molecule has 1 saturated carbocycles. The minimum absolute atomic E-state index is 0.0320. The fourth-order valence-corrected chi connectivity index (χ4v) is 2.30. The van der Waals surface area contributed by atoms with Gasteiger partial charge in [0.15, 0.2) is 5.58 Å². The van der Waals surface area contributed by atoms with E-state index in [1.165, 1.54) is 12.1 Å². The second-order valence-electron chi connectivity index (χ2n) is 4.27. The Morgan fingerprint density at radius 3 is 3.00 bits per heavy atom. The van der Waals surface area contributed by atoms with Gasteiger partial charge in [-0.05, 0) is 31.4 Å². The molecule has 1 aliphatic rings. The van der Waals surface area contributed by atoms with E-state index >= 15 is 0 Å². The maximum absolute atomic E-state index is 13.0. The minimum Gasteiger partial charge on any atom is -0.440 e. The van der Waals surface area contributed by atoms with E-state index in [2.05, 4.69) is 4.98 Å². The van der Waals surface area contributed by atoms with Gasteiger partial charge in [0.25, 0.3) is 0 Å². The third-order valence-electron chi connectivity index (χ3n) is 3.16. The number of fused-ring (bicyclic) bond motifs is 1. The molecular formula is C12H12FNO2. The van der Waals surface area contributed by atoms with Crippen molar-refractivity contribution in [1.82, 2.24) is 4.98 Å². The van der Waals surface area contributed by atoms with Crippen LogP contribution in [0.25, 0.3) is 11.1 Å². The number of halogens is 1. The second-order valence-corrected chi connectivity index (χ2v) is 4.27. The highest BCUT2D eigenvalue weighted by Crippen LogP contribution is 2.35. The van der Waals surface area contributed by atoms with Gasteiger partial charge in [-0.2, -0.15) is 0 Å². The third kappa shape index (κ3) is 1.50. The largest absolute Gasteiger partial charge is 0.440 e. The quantitative estimate of drug-likeness (QED) is 0.805. The summed E-state index contributed by atoms with van der Waals surface area (Å²) in [5.41, 5.74) is 1.10. The molecule has 0 spiro atoms. The molecule has 0 radical (unpaired) electrons. The van der Waals surface area contributed by atoms with Crippen LogP contribution in [0.15, 0.2) is 22.6 Å². The Morgan fingerprint density at radius 1 is 1.38 bits per heavy atom. The monoisotopic (exact) mass is 221 g/mol. The molecule has 84 valence electrons. The van der Waals surface area contributed by atoms with E-state index in [1.54, 1.807) is 6.07 Å². The molecule has 1 heterocycles. The van der Waals surface area contributed by atoms with Crippen LogP contribution in [-0.4, -0.2) is 16.2 Å². The van der Waals surface area contributed by atoms with Crippen molar-refractivity contribution < 1.29 is 13.9 Å². The zero-order chi connectivity index (χ0) is 11.1. The molecular weight excluding hydrogens is 209 g/mol. The van der Waals surface area contributed by atoms with E-state index in [0.717, 1.165) is 19.3 Å². The molecule has 0 amide bonds.